The van der Waals surface area contributed by atoms with Crippen molar-refractivity contribution in [1.29, 1.82) is 0 Å². The lowest BCUT2D eigenvalue weighted by Gasteiger charge is -2.25. The van der Waals surface area contributed by atoms with Crippen LogP contribution in [0.3, 0.4) is 0 Å². The van der Waals surface area contributed by atoms with E-state index in [1.165, 1.54) is 20.8 Å². The number of hydrogen-bond donors (Lipinski definition) is 4. The first kappa shape index (κ1) is 36.3. The highest BCUT2D eigenvalue weighted by atomic mass is 16.6. The molecule has 0 radical (unpaired) electrons. The number of rotatable bonds is 20. The van der Waals surface area contributed by atoms with Crippen molar-refractivity contribution >= 4 is 23.9 Å². The van der Waals surface area contributed by atoms with Crippen molar-refractivity contribution in [3.8, 4) is 0 Å². The predicted molar refractivity (Wildman–Crippen MR) is 141 cm³/mol. The van der Waals surface area contributed by atoms with E-state index in [1.54, 1.807) is 0 Å². The summed E-state index contributed by atoms with van der Waals surface area (Å²) in [7, 11) is 0. The highest BCUT2D eigenvalue weighted by molar-refractivity contribution is 5.90. The van der Waals surface area contributed by atoms with Crippen molar-refractivity contribution in [2.24, 2.45) is 0 Å². The van der Waals surface area contributed by atoms with Gasteiger partial charge in [-0.15, -0.1) is 0 Å². The van der Waals surface area contributed by atoms with Crippen LogP contribution in [0, 0.1) is 0 Å². The fraction of sp³-hybridized carbons (Fsp3) is 0.556. The van der Waals surface area contributed by atoms with E-state index in [9.17, 15) is 39.6 Å². The van der Waals surface area contributed by atoms with Gasteiger partial charge in [0.15, 0.2) is 11.9 Å². The summed E-state index contributed by atoms with van der Waals surface area (Å²) in [6, 6.07) is 0. The lowest BCUT2D eigenvalue weighted by Crippen LogP contribution is -2.38. The molecular formula is C27H38O15. The Hall–Kier alpha value is -3.76. The normalized spacial score (nSPS) is 17.3. The van der Waals surface area contributed by atoms with Crippen LogP contribution in [0.1, 0.15) is 20.8 Å². The Morgan fingerprint density at radius 1 is 0.738 bits per heavy atom. The van der Waals surface area contributed by atoms with Crippen LogP contribution in [0.25, 0.3) is 0 Å². The first-order valence-electron chi connectivity index (χ1n) is 12.6. The van der Waals surface area contributed by atoms with Gasteiger partial charge in [-0.05, 0) is 20.8 Å². The van der Waals surface area contributed by atoms with E-state index in [4.69, 9.17) is 33.2 Å². The Labute approximate surface area is 242 Å². The summed E-state index contributed by atoms with van der Waals surface area (Å²) >= 11 is 0. The monoisotopic (exact) mass is 602 g/mol. The van der Waals surface area contributed by atoms with Gasteiger partial charge in [0.05, 0.1) is 13.2 Å². The molecule has 42 heavy (non-hydrogen) atoms. The van der Waals surface area contributed by atoms with E-state index in [2.05, 4.69) is 19.7 Å². The Morgan fingerprint density at radius 3 is 1.55 bits per heavy atom. The molecule has 3 unspecified atom stereocenters. The average molecular weight is 603 g/mol. The van der Waals surface area contributed by atoms with Gasteiger partial charge in [0.1, 0.15) is 57.5 Å². The highest BCUT2D eigenvalue weighted by Crippen LogP contribution is 2.29. The third kappa shape index (κ3) is 12.4. The minimum Gasteiger partial charge on any atom is -0.487 e. The summed E-state index contributed by atoms with van der Waals surface area (Å²) in [4.78, 5) is 47.3. The number of hydrogen-bond acceptors (Lipinski definition) is 15. The van der Waals surface area contributed by atoms with Crippen LogP contribution in [0.2, 0.25) is 0 Å². The van der Waals surface area contributed by atoms with Crippen molar-refractivity contribution in [1.82, 2.24) is 0 Å². The topological polar surface area (TPSA) is 214 Å². The van der Waals surface area contributed by atoms with Crippen LogP contribution in [-0.4, -0.2) is 121 Å². The van der Waals surface area contributed by atoms with E-state index in [0.29, 0.717) is 0 Å². The molecule has 5 atom stereocenters. The van der Waals surface area contributed by atoms with Gasteiger partial charge in [0, 0.05) is 16.7 Å². The lowest BCUT2D eigenvalue weighted by atomic mass is 10.1. The molecule has 0 bridgehead atoms. The highest BCUT2D eigenvalue weighted by Gasteiger charge is 2.43. The number of carbonyl (C=O) groups is 4. The lowest BCUT2D eigenvalue weighted by molar-refractivity contribution is -0.157. The molecule has 4 N–H and O–H groups in total. The SMILES string of the molecule is C=C(C)C(=O)OCC(O)COC1=C(OCC(O)COC(=O)C(=C)C)[C@@H]([C@H](CO)OCC(O)COC(=O)C(=C)C)OC1=O. The molecule has 0 aliphatic carbocycles. The molecule has 1 heterocycles. The standard InChI is InChI=1S/C27H38O15/c1-14(2)24(32)39-11-17(29)8-36-20(7-28)21-22(37-9-18(30)12-40-25(33)15(3)4)23(27(35)42-21)38-10-19(31)13-41-26(34)16(5)6/h17-21,28-31H,1,3,5,7-13H2,2,4,6H3/t17?,18?,19?,20-,21+/m0/s1. The van der Waals surface area contributed by atoms with Gasteiger partial charge in [-0.25, -0.2) is 19.2 Å². The minimum absolute atomic E-state index is 0.100. The summed E-state index contributed by atoms with van der Waals surface area (Å²) in [5, 5.41) is 40.3. The second-order valence-electron chi connectivity index (χ2n) is 9.29. The summed E-state index contributed by atoms with van der Waals surface area (Å²) in [5.74, 6) is -4.21. The summed E-state index contributed by atoms with van der Waals surface area (Å²) in [6.45, 7) is 10.7. The van der Waals surface area contributed by atoms with Gasteiger partial charge < -0.3 is 53.6 Å². The molecule has 1 aliphatic rings. The molecule has 15 nitrogen and oxygen atoms in total. The van der Waals surface area contributed by atoms with Crippen LogP contribution < -0.4 is 0 Å². The first-order valence-corrected chi connectivity index (χ1v) is 12.6. The molecule has 0 amide bonds. The van der Waals surface area contributed by atoms with E-state index in [1.807, 2.05) is 0 Å². The minimum atomic E-state index is -1.45. The van der Waals surface area contributed by atoms with Crippen molar-refractivity contribution in [3.63, 3.8) is 0 Å². The van der Waals surface area contributed by atoms with Gasteiger partial charge in [-0.2, -0.15) is 0 Å². The largest absolute Gasteiger partial charge is 0.487 e. The van der Waals surface area contributed by atoms with Crippen LogP contribution in [0.15, 0.2) is 48.0 Å². The number of esters is 4. The maximum Gasteiger partial charge on any atom is 0.378 e. The number of carbonyl (C=O) groups excluding carboxylic acids is 4. The molecule has 0 fully saturated rings. The van der Waals surface area contributed by atoms with Gasteiger partial charge in [0.25, 0.3) is 0 Å². The van der Waals surface area contributed by atoms with Gasteiger partial charge in [-0.3, -0.25) is 0 Å². The molecule has 1 aliphatic heterocycles. The quantitative estimate of drug-likeness (QED) is 0.0745. The second-order valence-corrected chi connectivity index (χ2v) is 9.29. The van der Waals surface area contributed by atoms with Crippen molar-refractivity contribution in [3.05, 3.63) is 48.0 Å². The van der Waals surface area contributed by atoms with E-state index < -0.39 is 106 Å². The molecule has 236 valence electrons. The molecule has 1 rings (SSSR count). The van der Waals surface area contributed by atoms with Crippen molar-refractivity contribution < 1.29 is 72.8 Å². The number of aliphatic hydroxyl groups excluding tert-OH is 4. The number of ether oxygens (including phenoxy) is 7. The molecule has 0 aromatic rings. The maximum absolute atomic E-state index is 12.6. The molecule has 0 spiro atoms. The summed E-state index contributed by atoms with van der Waals surface area (Å²) < 4.78 is 36.1. The molecule has 0 saturated carbocycles. The molecule has 0 aromatic carbocycles. The third-order valence-electron chi connectivity index (χ3n) is 5.04. The molecule has 0 saturated heterocycles. The number of aliphatic hydroxyl groups is 4. The van der Waals surface area contributed by atoms with Crippen molar-refractivity contribution in [2.75, 3.05) is 46.2 Å². The number of cyclic esters (lactones) is 1. The van der Waals surface area contributed by atoms with Crippen LogP contribution in [-0.2, 0) is 52.3 Å². The maximum atomic E-state index is 12.6. The van der Waals surface area contributed by atoms with Crippen molar-refractivity contribution in [2.45, 2.75) is 51.3 Å². The zero-order valence-corrected chi connectivity index (χ0v) is 23.7. The first-order chi connectivity index (χ1) is 19.7. The molecular weight excluding hydrogens is 564 g/mol. The van der Waals surface area contributed by atoms with Gasteiger partial charge in [0.2, 0.25) is 5.76 Å². The predicted octanol–water partition coefficient (Wildman–Crippen LogP) is -1.03. The van der Waals surface area contributed by atoms with Crippen LogP contribution >= 0.6 is 0 Å². The Bertz CT molecular complexity index is 1050. The second kappa shape index (κ2) is 17.9. The fourth-order valence-electron chi connectivity index (χ4n) is 2.84. The van der Waals surface area contributed by atoms with E-state index >= 15 is 0 Å². The van der Waals surface area contributed by atoms with Gasteiger partial charge in [-0.1, -0.05) is 19.7 Å². The zero-order chi connectivity index (χ0) is 32.0. The van der Waals surface area contributed by atoms with Gasteiger partial charge >= 0.3 is 23.9 Å². The van der Waals surface area contributed by atoms with Crippen LogP contribution in [0.5, 0.6) is 0 Å². The average Bonchev–Trinajstić information content (AvgIpc) is 3.25. The van der Waals surface area contributed by atoms with E-state index in [-0.39, 0.29) is 22.5 Å². The zero-order valence-electron chi connectivity index (χ0n) is 23.7. The summed E-state index contributed by atoms with van der Waals surface area (Å²) in [5.41, 5.74) is 0.318. The fourth-order valence-corrected chi connectivity index (χ4v) is 2.84. The third-order valence-corrected chi connectivity index (χ3v) is 5.04. The summed E-state index contributed by atoms with van der Waals surface area (Å²) in [6.07, 6.45) is -6.89. The Balaban J connectivity index is 3.00. The smallest absolute Gasteiger partial charge is 0.378 e. The Kier molecular flexibility index (Phi) is 15.5. The Morgan fingerprint density at radius 2 is 1.14 bits per heavy atom. The molecule has 15 heteroatoms. The van der Waals surface area contributed by atoms with E-state index in [0.717, 1.165) is 0 Å². The molecule has 0 aromatic heterocycles. The van der Waals surface area contributed by atoms with Crippen LogP contribution in [0.4, 0.5) is 0 Å².